The maximum Gasteiger partial charge on any atom is 0.251 e. The van der Waals surface area contributed by atoms with Crippen LogP contribution < -0.4 is 10.9 Å². The van der Waals surface area contributed by atoms with Gasteiger partial charge in [0.2, 0.25) is 0 Å². The molecule has 2 N–H and O–H groups in total. The van der Waals surface area contributed by atoms with E-state index in [0.29, 0.717) is 45.0 Å². The fourth-order valence-electron chi connectivity index (χ4n) is 5.68. The number of aryl methyl sites for hydroxylation is 2. The Labute approximate surface area is 260 Å². The second-order valence-corrected chi connectivity index (χ2v) is 11.3. The highest BCUT2D eigenvalue weighted by molar-refractivity contribution is 6.30. The summed E-state index contributed by atoms with van der Waals surface area (Å²) >= 11 is 6.32. The minimum absolute atomic E-state index is 0.153. The van der Waals surface area contributed by atoms with Crippen LogP contribution in [-0.4, -0.2) is 31.7 Å². The minimum Gasteiger partial charge on any atom is -0.374 e. The van der Waals surface area contributed by atoms with Gasteiger partial charge in [0.1, 0.15) is 0 Å². The Balaban J connectivity index is 1.41. The monoisotopic (exact) mass is 602 g/mol. The summed E-state index contributed by atoms with van der Waals surface area (Å²) in [4.78, 5) is 30.1. The zero-order chi connectivity index (χ0) is 30.8. The maximum atomic E-state index is 12.9. The molecule has 4 aromatic carbocycles. The molecule has 6 aromatic rings. The highest BCUT2D eigenvalue weighted by Gasteiger charge is 2.37. The van der Waals surface area contributed by atoms with Crippen molar-refractivity contribution < 1.29 is 9.90 Å². The van der Waals surface area contributed by atoms with E-state index in [1.165, 1.54) is 0 Å². The number of aromatic nitrogens is 3. The topological polar surface area (TPSA) is 89.2 Å². The van der Waals surface area contributed by atoms with Gasteiger partial charge in [0.05, 0.1) is 23.7 Å². The van der Waals surface area contributed by atoms with Gasteiger partial charge in [0.15, 0.2) is 5.60 Å². The average molecular weight is 603 g/mol. The molecular weight excluding hydrogens is 572 g/mol. The van der Waals surface area contributed by atoms with Crippen LogP contribution in [0.1, 0.15) is 32.7 Å². The summed E-state index contributed by atoms with van der Waals surface area (Å²) in [6.07, 6.45) is 4.00. The molecule has 0 saturated heterocycles. The molecule has 0 bridgehead atoms. The van der Waals surface area contributed by atoms with Crippen LogP contribution in [0.3, 0.4) is 0 Å². The lowest BCUT2D eigenvalue weighted by Gasteiger charge is -2.30. The number of fused-ring (bicyclic) bond motifs is 1. The lowest BCUT2D eigenvalue weighted by Crippen LogP contribution is -2.31. The van der Waals surface area contributed by atoms with Crippen molar-refractivity contribution in [1.82, 2.24) is 19.4 Å². The number of amides is 1. The molecule has 0 aliphatic rings. The van der Waals surface area contributed by atoms with Crippen molar-refractivity contribution in [2.45, 2.75) is 12.0 Å². The number of nitrogens with zero attached hydrogens (tertiary/aromatic N) is 3. The van der Waals surface area contributed by atoms with E-state index < -0.39 is 5.60 Å². The third-order valence-corrected chi connectivity index (χ3v) is 8.33. The van der Waals surface area contributed by atoms with Gasteiger partial charge in [-0.05, 0) is 70.6 Å². The number of imidazole rings is 1. The maximum absolute atomic E-state index is 12.9. The SMILES string of the molecule is Cn1cncc1C(O)(c1ccc(C(=O)NCCc2ccccc2)cc1)c1ccc2c(c1)c(-c1cccc(Cl)c1)cc(=O)n2C. The normalized spacial score (nSPS) is 12.6. The first-order chi connectivity index (χ1) is 21.3. The van der Waals surface area contributed by atoms with Crippen LogP contribution in [0.5, 0.6) is 0 Å². The number of nitrogens with one attached hydrogen (secondary N) is 1. The number of benzene rings is 4. The summed E-state index contributed by atoms with van der Waals surface area (Å²) in [5.41, 5.74) is 3.78. The third-order valence-electron chi connectivity index (χ3n) is 8.09. The van der Waals surface area contributed by atoms with Gasteiger partial charge in [-0.3, -0.25) is 9.59 Å². The third kappa shape index (κ3) is 5.43. The second kappa shape index (κ2) is 12.0. The number of pyridine rings is 1. The van der Waals surface area contributed by atoms with Crippen molar-refractivity contribution in [3.63, 3.8) is 0 Å². The van der Waals surface area contributed by atoms with Gasteiger partial charge in [-0.1, -0.05) is 72.3 Å². The van der Waals surface area contributed by atoms with E-state index in [1.807, 2.05) is 73.8 Å². The van der Waals surface area contributed by atoms with Crippen molar-refractivity contribution in [1.29, 1.82) is 0 Å². The van der Waals surface area contributed by atoms with Crippen LogP contribution in [0.25, 0.3) is 22.0 Å². The largest absolute Gasteiger partial charge is 0.374 e. The molecule has 0 saturated carbocycles. The molecule has 0 radical (unpaired) electrons. The Morgan fingerprint density at radius 3 is 2.36 bits per heavy atom. The standard InChI is InChI=1S/C36H31ClN4O3/c1-40-23-38-22-33(40)36(44,27-13-11-25(12-14-27)35(43)39-18-17-24-7-4-3-5-8-24)28-15-16-32-31(20-28)30(21-34(42)41(32)2)26-9-6-10-29(37)19-26/h3-16,19-23,44H,17-18H2,1-2H3,(H,39,43). The average Bonchev–Trinajstić information content (AvgIpc) is 3.49. The van der Waals surface area contributed by atoms with Crippen LogP contribution in [0, 0.1) is 0 Å². The fourth-order valence-corrected chi connectivity index (χ4v) is 5.87. The summed E-state index contributed by atoms with van der Waals surface area (Å²) in [7, 11) is 3.55. The fraction of sp³-hybridized carbons (Fsp3) is 0.139. The zero-order valence-corrected chi connectivity index (χ0v) is 25.1. The molecule has 2 heterocycles. The number of aliphatic hydroxyl groups is 1. The molecular formula is C36H31ClN4O3. The van der Waals surface area contributed by atoms with Crippen molar-refractivity contribution in [2.75, 3.05) is 6.54 Å². The molecule has 8 heteroatoms. The molecule has 6 rings (SSSR count). The molecule has 220 valence electrons. The lowest BCUT2D eigenvalue weighted by molar-refractivity contribution is 0.0953. The molecule has 1 atom stereocenters. The predicted molar refractivity (Wildman–Crippen MR) is 174 cm³/mol. The first-order valence-corrected chi connectivity index (χ1v) is 14.7. The van der Waals surface area contributed by atoms with Gasteiger partial charge in [-0.2, -0.15) is 0 Å². The number of carbonyl (C=O) groups excluding carboxylic acids is 1. The zero-order valence-electron chi connectivity index (χ0n) is 24.4. The van der Waals surface area contributed by atoms with E-state index in [1.54, 1.807) is 65.1 Å². The van der Waals surface area contributed by atoms with Crippen LogP contribution in [0.4, 0.5) is 0 Å². The van der Waals surface area contributed by atoms with Crippen molar-refractivity contribution in [3.05, 3.63) is 159 Å². The molecule has 0 fully saturated rings. The van der Waals surface area contributed by atoms with E-state index in [0.717, 1.165) is 22.9 Å². The molecule has 0 spiro atoms. The van der Waals surface area contributed by atoms with Crippen molar-refractivity contribution in [3.8, 4) is 11.1 Å². The predicted octanol–water partition coefficient (Wildman–Crippen LogP) is 5.85. The summed E-state index contributed by atoms with van der Waals surface area (Å²) in [5.74, 6) is -0.186. The van der Waals surface area contributed by atoms with Gasteiger partial charge in [-0.25, -0.2) is 4.98 Å². The smallest absolute Gasteiger partial charge is 0.251 e. The minimum atomic E-state index is -1.62. The van der Waals surface area contributed by atoms with Gasteiger partial charge in [0, 0.05) is 42.7 Å². The lowest BCUT2D eigenvalue weighted by atomic mass is 9.82. The van der Waals surface area contributed by atoms with Gasteiger partial charge >= 0.3 is 0 Å². The first-order valence-electron chi connectivity index (χ1n) is 14.3. The Kier molecular flexibility index (Phi) is 7.91. The number of halogens is 1. The quantitative estimate of drug-likeness (QED) is 0.229. The van der Waals surface area contributed by atoms with E-state index >= 15 is 0 Å². The van der Waals surface area contributed by atoms with Crippen LogP contribution in [0.15, 0.2) is 120 Å². The van der Waals surface area contributed by atoms with Crippen molar-refractivity contribution in [2.24, 2.45) is 14.1 Å². The Hall–Kier alpha value is -4.98. The highest BCUT2D eigenvalue weighted by Crippen LogP contribution is 2.39. The molecule has 0 aliphatic heterocycles. The Bertz CT molecular complexity index is 2030. The highest BCUT2D eigenvalue weighted by atomic mass is 35.5. The molecule has 1 unspecified atom stereocenters. The molecule has 0 aliphatic carbocycles. The summed E-state index contributed by atoms with van der Waals surface area (Å²) in [6.45, 7) is 0.512. The summed E-state index contributed by atoms with van der Waals surface area (Å²) in [6, 6.07) is 31.5. The van der Waals surface area contributed by atoms with Crippen molar-refractivity contribution >= 4 is 28.4 Å². The summed E-state index contributed by atoms with van der Waals surface area (Å²) in [5, 5.41) is 16.9. The van der Waals surface area contributed by atoms with E-state index in [9.17, 15) is 14.7 Å². The van der Waals surface area contributed by atoms with Crippen LogP contribution >= 0.6 is 11.6 Å². The molecule has 7 nitrogen and oxygen atoms in total. The summed E-state index contributed by atoms with van der Waals surface area (Å²) < 4.78 is 3.36. The first kappa shape index (κ1) is 29.1. The van der Waals surface area contributed by atoms with Gasteiger partial charge in [0.25, 0.3) is 11.5 Å². The van der Waals surface area contributed by atoms with E-state index in [2.05, 4.69) is 10.3 Å². The van der Waals surface area contributed by atoms with Gasteiger partial charge in [-0.15, -0.1) is 0 Å². The Morgan fingerprint density at radius 2 is 1.66 bits per heavy atom. The van der Waals surface area contributed by atoms with Crippen LogP contribution in [-0.2, 0) is 26.1 Å². The number of carbonyl (C=O) groups is 1. The molecule has 44 heavy (non-hydrogen) atoms. The molecule has 1 amide bonds. The number of hydrogen-bond acceptors (Lipinski definition) is 4. The van der Waals surface area contributed by atoms with E-state index in [4.69, 9.17) is 11.6 Å². The van der Waals surface area contributed by atoms with Crippen LogP contribution in [0.2, 0.25) is 5.02 Å². The second-order valence-electron chi connectivity index (χ2n) is 10.9. The Morgan fingerprint density at radius 1 is 0.909 bits per heavy atom. The number of rotatable bonds is 8. The number of hydrogen-bond donors (Lipinski definition) is 2. The molecule has 2 aromatic heterocycles. The van der Waals surface area contributed by atoms with E-state index in [-0.39, 0.29) is 11.5 Å². The van der Waals surface area contributed by atoms with Gasteiger partial charge < -0.3 is 19.6 Å².